The summed E-state index contributed by atoms with van der Waals surface area (Å²) in [5.41, 5.74) is 0. The Morgan fingerprint density at radius 1 is 2.17 bits per heavy atom. The van der Waals surface area contributed by atoms with Crippen molar-refractivity contribution in [3.63, 3.8) is 0 Å². The molecular formula is C5H8O. The maximum absolute atomic E-state index is 6.81. The summed E-state index contributed by atoms with van der Waals surface area (Å²) in [5, 5.41) is 0. The van der Waals surface area contributed by atoms with Gasteiger partial charge in [0.2, 0.25) is 0 Å². The highest BCUT2D eigenvalue weighted by molar-refractivity contribution is 4.92. The quantitative estimate of drug-likeness (QED) is 0.431. The zero-order valence-corrected chi connectivity index (χ0v) is 3.61. The molecule has 0 atom stereocenters. The predicted octanol–water partition coefficient (Wildman–Crippen LogP) is 1.31. The summed E-state index contributed by atoms with van der Waals surface area (Å²) in [5.74, 6) is 0.833. The van der Waals surface area contributed by atoms with Crippen LogP contribution in [0.5, 0.6) is 0 Å². The molecule has 0 aromatic carbocycles. The van der Waals surface area contributed by atoms with Crippen molar-refractivity contribution in [2.24, 2.45) is 0 Å². The Balaban J connectivity index is 2.36. The summed E-state index contributed by atoms with van der Waals surface area (Å²) in [4.78, 5) is 0. The molecule has 1 aliphatic heterocycles. The predicted molar refractivity (Wildman–Crippen MR) is 24.3 cm³/mol. The maximum Gasteiger partial charge on any atom is 0.0912 e. The van der Waals surface area contributed by atoms with E-state index in [0.717, 1.165) is 18.8 Å². The van der Waals surface area contributed by atoms with Crippen molar-refractivity contribution in [3.05, 3.63) is 11.8 Å². The minimum atomic E-state index is 0.306. The lowest BCUT2D eigenvalue weighted by atomic mass is 10.4. The van der Waals surface area contributed by atoms with Crippen LogP contribution < -0.4 is 0 Å². The van der Waals surface area contributed by atoms with Crippen molar-refractivity contribution >= 4 is 0 Å². The largest absolute Gasteiger partial charge is 0.498 e. The van der Waals surface area contributed by atoms with Gasteiger partial charge in [-0.05, 0) is 13.0 Å². The highest BCUT2D eigenvalue weighted by Gasteiger charge is 1.94. The van der Waals surface area contributed by atoms with Crippen LogP contribution in [0.15, 0.2) is 11.8 Å². The number of hydrogen-bond acceptors (Lipinski definition) is 1. The van der Waals surface area contributed by atoms with Crippen LogP contribution in [-0.2, 0) is 4.74 Å². The van der Waals surface area contributed by atoms with Gasteiger partial charge in [0.1, 0.15) is 0 Å². The number of rotatable bonds is 0. The monoisotopic (exact) mass is 85.1 g/mol. The van der Waals surface area contributed by atoms with Crippen LogP contribution in [0.3, 0.4) is 0 Å². The molecule has 1 nitrogen and oxygen atoms in total. The minimum absolute atomic E-state index is 0.306. The molecular weight excluding hydrogens is 76.1 g/mol. The second-order valence-corrected chi connectivity index (χ2v) is 1.31. The standard InChI is InChI=1S/C5H8O/c1-5-3-2-4-6-5/h3H,2,4H2,1H3/i1D. The van der Waals surface area contributed by atoms with E-state index in [-0.39, 0.29) is 0 Å². The molecule has 1 heterocycles. The molecule has 6 heavy (non-hydrogen) atoms. The summed E-state index contributed by atoms with van der Waals surface area (Å²) in [6.45, 7) is 1.09. The second-order valence-electron chi connectivity index (χ2n) is 1.31. The average Bonchev–Trinajstić information content (AvgIpc) is 2.14. The summed E-state index contributed by atoms with van der Waals surface area (Å²) in [7, 11) is 0. The molecule has 0 fully saturated rings. The average molecular weight is 85.1 g/mol. The van der Waals surface area contributed by atoms with Gasteiger partial charge in [0.15, 0.2) is 0 Å². The van der Waals surface area contributed by atoms with Crippen LogP contribution >= 0.6 is 0 Å². The lowest BCUT2D eigenvalue weighted by Crippen LogP contribution is -1.76. The van der Waals surface area contributed by atoms with Crippen LogP contribution in [0, 0.1) is 0 Å². The zero-order valence-electron chi connectivity index (χ0n) is 4.61. The van der Waals surface area contributed by atoms with Crippen molar-refractivity contribution in [2.45, 2.75) is 13.3 Å². The number of ether oxygens (including phenoxy) is 1. The molecule has 0 unspecified atom stereocenters. The lowest BCUT2D eigenvalue weighted by molar-refractivity contribution is 0.247. The molecule has 1 heteroatoms. The van der Waals surface area contributed by atoms with Crippen molar-refractivity contribution in [1.82, 2.24) is 0 Å². The Morgan fingerprint density at radius 3 is 3.50 bits per heavy atom. The first-order chi connectivity index (χ1) is 3.43. The van der Waals surface area contributed by atoms with Crippen molar-refractivity contribution < 1.29 is 6.11 Å². The number of hydrogen-bond donors (Lipinski definition) is 0. The summed E-state index contributed by atoms with van der Waals surface area (Å²) >= 11 is 0. The molecule has 0 N–H and O–H groups in total. The summed E-state index contributed by atoms with van der Waals surface area (Å²) in [6, 6.07) is 0. The van der Waals surface area contributed by atoms with Gasteiger partial charge in [-0.25, -0.2) is 0 Å². The van der Waals surface area contributed by atoms with Crippen LogP contribution in [0.25, 0.3) is 0 Å². The first-order valence-corrected chi connectivity index (χ1v) is 2.04. The van der Waals surface area contributed by atoms with Gasteiger partial charge < -0.3 is 4.74 Å². The fourth-order valence-corrected chi connectivity index (χ4v) is 0.469. The van der Waals surface area contributed by atoms with Gasteiger partial charge in [0.05, 0.1) is 12.4 Å². The Labute approximate surface area is 39.0 Å². The fourth-order valence-electron chi connectivity index (χ4n) is 0.469. The highest BCUT2D eigenvalue weighted by atomic mass is 16.5. The van der Waals surface area contributed by atoms with E-state index in [2.05, 4.69) is 0 Å². The van der Waals surface area contributed by atoms with E-state index in [1.54, 1.807) is 0 Å². The van der Waals surface area contributed by atoms with E-state index in [9.17, 15) is 0 Å². The molecule has 0 spiro atoms. The van der Waals surface area contributed by atoms with Gasteiger partial charge in [-0.1, -0.05) is 0 Å². The zero-order chi connectivity index (χ0) is 5.11. The smallest absolute Gasteiger partial charge is 0.0912 e. The van der Waals surface area contributed by atoms with Crippen LogP contribution in [0.2, 0.25) is 0 Å². The van der Waals surface area contributed by atoms with Gasteiger partial charge in [-0.3, -0.25) is 0 Å². The molecule has 0 amide bonds. The van der Waals surface area contributed by atoms with E-state index in [4.69, 9.17) is 6.11 Å². The molecule has 0 saturated carbocycles. The SMILES string of the molecule is [2H]CC1=CCCO1. The summed E-state index contributed by atoms with van der Waals surface area (Å²) in [6.07, 6.45) is 2.96. The maximum atomic E-state index is 6.81. The van der Waals surface area contributed by atoms with Crippen LogP contribution in [0.1, 0.15) is 14.7 Å². The first kappa shape index (κ1) is 2.67. The van der Waals surface area contributed by atoms with E-state index < -0.39 is 0 Å². The molecule has 1 aliphatic rings. The van der Waals surface area contributed by atoms with Crippen molar-refractivity contribution in [2.75, 3.05) is 6.61 Å². The molecule has 0 saturated heterocycles. The third kappa shape index (κ3) is 0.534. The molecule has 0 aliphatic carbocycles. The van der Waals surface area contributed by atoms with Crippen molar-refractivity contribution in [3.8, 4) is 0 Å². The first-order valence-electron chi connectivity index (χ1n) is 2.75. The van der Waals surface area contributed by atoms with Gasteiger partial charge in [0.25, 0.3) is 0 Å². The van der Waals surface area contributed by atoms with Crippen molar-refractivity contribution in [1.29, 1.82) is 0 Å². The van der Waals surface area contributed by atoms with Gasteiger partial charge in [-0.2, -0.15) is 0 Å². The lowest BCUT2D eigenvalue weighted by Gasteiger charge is -1.89. The molecule has 0 radical (unpaired) electrons. The van der Waals surface area contributed by atoms with E-state index >= 15 is 0 Å². The normalized spacial score (nSPS) is 22.0. The van der Waals surface area contributed by atoms with Crippen LogP contribution in [-0.4, -0.2) is 6.61 Å². The summed E-state index contributed by atoms with van der Waals surface area (Å²) < 4.78 is 11.8. The second kappa shape index (κ2) is 1.33. The number of allylic oxidation sites excluding steroid dienone is 1. The minimum Gasteiger partial charge on any atom is -0.498 e. The van der Waals surface area contributed by atoms with Gasteiger partial charge in [-0.15, -0.1) is 0 Å². The van der Waals surface area contributed by atoms with Gasteiger partial charge >= 0.3 is 0 Å². The topological polar surface area (TPSA) is 9.23 Å². The Hall–Kier alpha value is -0.460. The Morgan fingerprint density at radius 2 is 3.17 bits per heavy atom. The molecule has 1 rings (SSSR count). The van der Waals surface area contributed by atoms with E-state index in [1.807, 2.05) is 6.08 Å². The molecule has 0 aromatic rings. The highest BCUT2D eigenvalue weighted by Crippen LogP contribution is 2.05. The third-order valence-electron chi connectivity index (χ3n) is 0.777. The van der Waals surface area contributed by atoms with Crippen LogP contribution in [0.4, 0.5) is 0 Å². The van der Waals surface area contributed by atoms with E-state index in [1.165, 1.54) is 0 Å². The molecule has 0 bridgehead atoms. The Kier molecular flexibility index (Phi) is 0.592. The molecule has 34 valence electrons. The fraction of sp³-hybridized carbons (Fsp3) is 0.600. The van der Waals surface area contributed by atoms with E-state index in [0.29, 0.717) is 6.90 Å². The van der Waals surface area contributed by atoms with Gasteiger partial charge in [0, 0.05) is 7.79 Å². The Bertz CT molecular complexity index is 88.1. The molecule has 0 aromatic heterocycles. The third-order valence-corrected chi connectivity index (χ3v) is 0.777.